The zero-order valence-electron chi connectivity index (χ0n) is 16.4. The molecule has 1 aliphatic heterocycles. The molecule has 3 rings (SSSR count). The number of likely N-dealkylation sites (tertiary alicyclic amines) is 1. The number of benzene rings is 1. The second-order valence-corrected chi connectivity index (χ2v) is 7.26. The molecule has 150 valence electrons. The Balaban J connectivity index is 1.84. The van der Waals surface area contributed by atoms with Crippen LogP contribution in [0.4, 0.5) is 0 Å². The van der Waals surface area contributed by atoms with Gasteiger partial charge in [-0.2, -0.15) is 0 Å². The SMILES string of the molecule is CN(C)[C@@H]1CN(C(=O)c2ncccc2OCCN)CC[C@]1(O)c1ccccc1. The lowest BCUT2D eigenvalue weighted by molar-refractivity contribution is -0.0811. The molecule has 1 saturated heterocycles. The van der Waals surface area contributed by atoms with E-state index in [9.17, 15) is 9.90 Å². The van der Waals surface area contributed by atoms with Gasteiger partial charge in [0.15, 0.2) is 11.4 Å². The van der Waals surface area contributed by atoms with Crippen LogP contribution in [0, 0.1) is 0 Å². The zero-order valence-corrected chi connectivity index (χ0v) is 16.4. The quantitative estimate of drug-likeness (QED) is 0.774. The van der Waals surface area contributed by atoms with E-state index < -0.39 is 5.60 Å². The highest BCUT2D eigenvalue weighted by atomic mass is 16.5. The van der Waals surface area contributed by atoms with Crippen molar-refractivity contribution in [2.75, 3.05) is 40.3 Å². The van der Waals surface area contributed by atoms with Gasteiger partial charge < -0.3 is 25.4 Å². The summed E-state index contributed by atoms with van der Waals surface area (Å²) in [5.74, 6) is 0.234. The van der Waals surface area contributed by atoms with Crippen LogP contribution >= 0.6 is 0 Å². The molecule has 1 aromatic carbocycles. The van der Waals surface area contributed by atoms with E-state index in [1.165, 1.54) is 0 Å². The fourth-order valence-corrected chi connectivity index (χ4v) is 3.75. The molecule has 0 aliphatic carbocycles. The van der Waals surface area contributed by atoms with Gasteiger partial charge in [0.25, 0.3) is 5.91 Å². The molecule has 0 radical (unpaired) electrons. The Bertz CT molecular complexity index is 799. The van der Waals surface area contributed by atoms with Crippen LogP contribution in [0.15, 0.2) is 48.7 Å². The van der Waals surface area contributed by atoms with Crippen LogP contribution in [0.3, 0.4) is 0 Å². The Morgan fingerprint density at radius 3 is 2.75 bits per heavy atom. The molecule has 0 spiro atoms. The van der Waals surface area contributed by atoms with E-state index in [0.717, 1.165) is 5.56 Å². The van der Waals surface area contributed by atoms with Crippen molar-refractivity contribution < 1.29 is 14.6 Å². The Morgan fingerprint density at radius 1 is 1.32 bits per heavy atom. The molecule has 0 unspecified atom stereocenters. The van der Waals surface area contributed by atoms with Crippen LogP contribution < -0.4 is 10.5 Å². The third-order valence-electron chi connectivity index (χ3n) is 5.24. The molecule has 7 nitrogen and oxygen atoms in total. The van der Waals surface area contributed by atoms with Gasteiger partial charge in [-0.1, -0.05) is 30.3 Å². The first-order valence-corrected chi connectivity index (χ1v) is 9.49. The first-order valence-electron chi connectivity index (χ1n) is 9.49. The van der Waals surface area contributed by atoms with Crippen molar-refractivity contribution >= 4 is 5.91 Å². The molecule has 0 saturated carbocycles. The standard InChI is InChI=1S/C21H28N4O3/c1-24(2)18-15-25(13-10-21(18,27)16-7-4-3-5-8-16)20(26)19-17(28-14-11-22)9-6-12-23-19/h3-9,12,18,27H,10-11,13-15,22H2,1-2H3/t18-,21+/m1/s1. The first-order chi connectivity index (χ1) is 13.5. The van der Waals surface area contributed by atoms with Gasteiger partial charge in [-0.3, -0.25) is 4.79 Å². The third kappa shape index (κ3) is 4.01. The van der Waals surface area contributed by atoms with E-state index in [-0.39, 0.29) is 17.6 Å². The summed E-state index contributed by atoms with van der Waals surface area (Å²) in [6.45, 7) is 1.50. The number of ether oxygens (including phenoxy) is 1. The molecule has 28 heavy (non-hydrogen) atoms. The largest absolute Gasteiger partial charge is 0.490 e. The number of nitrogens with zero attached hydrogens (tertiary/aromatic N) is 3. The van der Waals surface area contributed by atoms with Gasteiger partial charge in [0.05, 0.1) is 6.04 Å². The Kier molecular flexibility index (Phi) is 6.28. The number of hydrogen-bond donors (Lipinski definition) is 2. The van der Waals surface area contributed by atoms with Crippen LogP contribution in [0.5, 0.6) is 5.75 Å². The van der Waals surface area contributed by atoms with Gasteiger partial charge in [-0.05, 0) is 38.2 Å². The summed E-state index contributed by atoms with van der Waals surface area (Å²) in [6, 6.07) is 12.9. The number of aliphatic hydroxyl groups is 1. The average Bonchev–Trinajstić information content (AvgIpc) is 2.72. The van der Waals surface area contributed by atoms with Crippen LogP contribution in [0.1, 0.15) is 22.5 Å². The predicted octanol–water partition coefficient (Wildman–Crippen LogP) is 1.08. The molecule has 1 aliphatic rings. The van der Waals surface area contributed by atoms with E-state index in [4.69, 9.17) is 10.5 Å². The smallest absolute Gasteiger partial charge is 0.276 e. The minimum atomic E-state index is -1.02. The monoisotopic (exact) mass is 384 g/mol. The van der Waals surface area contributed by atoms with Gasteiger partial charge >= 0.3 is 0 Å². The summed E-state index contributed by atoms with van der Waals surface area (Å²) >= 11 is 0. The van der Waals surface area contributed by atoms with Gasteiger partial charge in [0.1, 0.15) is 12.2 Å². The summed E-state index contributed by atoms with van der Waals surface area (Å²) in [7, 11) is 3.84. The van der Waals surface area contributed by atoms with Crippen molar-refractivity contribution in [3.63, 3.8) is 0 Å². The van der Waals surface area contributed by atoms with Gasteiger partial charge in [0, 0.05) is 25.8 Å². The van der Waals surface area contributed by atoms with Crippen molar-refractivity contribution in [3.05, 3.63) is 59.9 Å². The predicted molar refractivity (Wildman–Crippen MR) is 107 cm³/mol. The fourth-order valence-electron chi connectivity index (χ4n) is 3.75. The number of carbonyl (C=O) groups is 1. The lowest BCUT2D eigenvalue weighted by Crippen LogP contribution is -2.60. The zero-order chi connectivity index (χ0) is 20.1. The maximum Gasteiger partial charge on any atom is 0.276 e. The Hall–Kier alpha value is -2.48. The van der Waals surface area contributed by atoms with Crippen molar-refractivity contribution in [1.82, 2.24) is 14.8 Å². The van der Waals surface area contributed by atoms with E-state index in [2.05, 4.69) is 4.98 Å². The number of nitrogens with two attached hydrogens (primary N) is 1. The van der Waals surface area contributed by atoms with Crippen molar-refractivity contribution in [2.45, 2.75) is 18.1 Å². The number of pyridine rings is 1. The molecule has 0 bridgehead atoms. The maximum absolute atomic E-state index is 13.2. The number of hydrogen-bond acceptors (Lipinski definition) is 6. The highest BCUT2D eigenvalue weighted by Gasteiger charge is 2.45. The minimum Gasteiger partial charge on any atom is -0.490 e. The second kappa shape index (κ2) is 8.68. The number of rotatable bonds is 6. The Morgan fingerprint density at radius 2 is 2.07 bits per heavy atom. The summed E-state index contributed by atoms with van der Waals surface area (Å²) < 4.78 is 5.59. The molecule has 2 atom stereocenters. The molecule has 2 aromatic rings. The fraction of sp³-hybridized carbons (Fsp3) is 0.429. The average molecular weight is 384 g/mol. The second-order valence-electron chi connectivity index (χ2n) is 7.26. The van der Waals surface area contributed by atoms with Crippen LogP contribution in [0.25, 0.3) is 0 Å². The first kappa shape index (κ1) is 20.3. The topological polar surface area (TPSA) is 91.9 Å². The van der Waals surface area contributed by atoms with E-state index in [1.54, 1.807) is 23.2 Å². The Labute approximate surface area is 165 Å². The van der Waals surface area contributed by atoms with E-state index >= 15 is 0 Å². The van der Waals surface area contributed by atoms with Crippen molar-refractivity contribution in [1.29, 1.82) is 0 Å². The normalized spacial score (nSPS) is 22.3. The molecule has 1 amide bonds. The molecular weight excluding hydrogens is 356 g/mol. The summed E-state index contributed by atoms with van der Waals surface area (Å²) in [5.41, 5.74) is 5.63. The minimum absolute atomic E-state index is 0.199. The lowest BCUT2D eigenvalue weighted by Gasteiger charge is -2.47. The molecule has 1 fully saturated rings. The third-order valence-corrected chi connectivity index (χ3v) is 5.24. The van der Waals surface area contributed by atoms with Gasteiger partial charge in [0.2, 0.25) is 0 Å². The van der Waals surface area contributed by atoms with Gasteiger partial charge in [-0.25, -0.2) is 4.98 Å². The number of likely N-dealkylation sites (N-methyl/N-ethyl adjacent to an activating group) is 1. The number of amides is 1. The number of carbonyl (C=O) groups excluding carboxylic acids is 1. The summed E-state index contributed by atoms with van der Waals surface area (Å²) in [6.07, 6.45) is 2.02. The van der Waals surface area contributed by atoms with Crippen molar-refractivity contribution in [2.24, 2.45) is 5.73 Å². The van der Waals surface area contributed by atoms with Crippen LogP contribution in [-0.4, -0.2) is 72.2 Å². The maximum atomic E-state index is 13.2. The number of aromatic nitrogens is 1. The molecule has 1 aromatic heterocycles. The summed E-state index contributed by atoms with van der Waals surface area (Å²) in [4.78, 5) is 21.1. The lowest BCUT2D eigenvalue weighted by atomic mass is 9.79. The number of piperidine rings is 1. The van der Waals surface area contributed by atoms with E-state index in [1.807, 2.05) is 49.3 Å². The molecule has 7 heteroatoms. The summed E-state index contributed by atoms with van der Waals surface area (Å²) in [5, 5.41) is 11.5. The van der Waals surface area contributed by atoms with E-state index in [0.29, 0.717) is 38.4 Å². The highest BCUT2D eigenvalue weighted by molar-refractivity contribution is 5.95. The van der Waals surface area contributed by atoms with Gasteiger partial charge in [-0.15, -0.1) is 0 Å². The van der Waals surface area contributed by atoms with Crippen molar-refractivity contribution in [3.8, 4) is 5.75 Å². The van der Waals surface area contributed by atoms with Crippen LogP contribution in [-0.2, 0) is 5.60 Å². The molecular formula is C21H28N4O3. The molecule has 3 N–H and O–H groups in total. The highest BCUT2D eigenvalue weighted by Crippen LogP contribution is 2.36. The molecule has 2 heterocycles. The van der Waals surface area contributed by atoms with Crippen LogP contribution in [0.2, 0.25) is 0 Å².